The Kier molecular flexibility index (Phi) is 3.46. The van der Waals surface area contributed by atoms with Crippen LogP contribution in [0.3, 0.4) is 0 Å². The van der Waals surface area contributed by atoms with Crippen molar-refractivity contribution in [2.45, 2.75) is 0 Å². The van der Waals surface area contributed by atoms with Crippen LogP contribution in [0.4, 0.5) is 17.1 Å². The molecule has 0 aliphatic heterocycles. The topological polar surface area (TPSA) is 74.7 Å². The Labute approximate surface area is 130 Å². The number of nitrogen functional groups attached to an aromatic ring is 1. The zero-order valence-electron chi connectivity index (χ0n) is 11.0. The molecule has 1 heterocycles. The molecular weight excluding hydrogens is 328 g/mol. The first kappa shape index (κ1) is 13.4. The summed E-state index contributed by atoms with van der Waals surface area (Å²) in [4.78, 5) is 4.30. The molecule has 0 atom stereocenters. The van der Waals surface area contributed by atoms with Gasteiger partial charge in [0.1, 0.15) is 6.07 Å². The van der Waals surface area contributed by atoms with Crippen molar-refractivity contribution < 1.29 is 0 Å². The lowest BCUT2D eigenvalue weighted by atomic mass is 10.1. The summed E-state index contributed by atoms with van der Waals surface area (Å²) < 4.78 is 0.858. The number of rotatable bonds is 2. The van der Waals surface area contributed by atoms with Gasteiger partial charge in [0.05, 0.1) is 34.3 Å². The van der Waals surface area contributed by atoms with Crippen LogP contribution in [-0.2, 0) is 0 Å². The van der Waals surface area contributed by atoms with Crippen molar-refractivity contribution in [2.24, 2.45) is 0 Å². The lowest BCUT2D eigenvalue weighted by molar-refractivity contribution is 1.40. The van der Waals surface area contributed by atoms with E-state index in [2.05, 4.69) is 32.3 Å². The van der Waals surface area contributed by atoms with Crippen molar-refractivity contribution in [2.75, 3.05) is 11.1 Å². The second-order valence-corrected chi connectivity index (χ2v) is 5.45. The molecule has 0 fully saturated rings. The highest BCUT2D eigenvalue weighted by Gasteiger charge is 2.09. The van der Waals surface area contributed by atoms with Gasteiger partial charge in [-0.2, -0.15) is 5.26 Å². The summed E-state index contributed by atoms with van der Waals surface area (Å²) in [6.07, 6.45) is 1.62. The summed E-state index contributed by atoms with van der Waals surface area (Å²) in [7, 11) is 0. The number of aromatic nitrogens is 1. The number of fused-ring (bicyclic) bond motifs is 1. The fourth-order valence-corrected chi connectivity index (χ4v) is 2.51. The molecule has 0 radical (unpaired) electrons. The van der Waals surface area contributed by atoms with Crippen molar-refractivity contribution in [1.29, 1.82) is 5.26 Å². The smallest absolute Gasteiger partial charge is 0.101 e. The molecule has 5 heteroatoms. The van der Waals surface area contributed by atoms with Gasteiger partial charge in [0, 0.05) is 9.86 Å². The molecule has 0 aliphatic rings. The standard InChI is InChI=1S/C16H11BrN4/c17-11-5-6-14(10(7-11)8-18)21-16-12-3-1-2-4-15(12)20-9-13(16)19/h1-7,9H,19H2,(H,20,21). The van der Waals surface area contributed by atoms with E-state index in [4.69, 9.17) is 5.73 Å². The fraction of sp³-hybridized carbons (Fsp3) is 0. The van der Waals surface area contributed by atoms with Crippen LogP contribution in [0, 0.1) is 11.3 Å². The van der Waals surface area contributed by atoms with Gasteiger partial charge in [-0.25, -0.2) is 0 Å². The van der Waals surface area contributed by atoms with Crippen molar-refractivity contribution >= 4 is 43.9 Å². The highest BCUT2D eigenvalue weighted by atomic mass is 79.9. The van der Waals surface area contributed by atoms with Crippen molar-refractivity contribution in [3.63, 3.8) is 0 Å². The largest absolute Gasteiger partial charge is 0.396 e. The van der Waals surface area contributed by atoms with Crippen LogP contribution < -0.4 is 11.1 Å². The number of anilines is 3. The molecule has 0 saturated carbocycles. The normalized spacial score (nSPS) is 10.3. The molecule has 102 valence electrons. The predicted molar refractivity (Wildman–Crippen MR) is 88.3 cm³/mol. The van der Waals surface area contributed by atoms with Gasteiger partial charge in [0.15, 0.2) is 0 Å². The first-order valence-electron chi connectivity index (χ1n) is 6.29. The third-order valence-corrected chi connectivity index (χ3v) is 3.66. The monoisotopic (exact) mass is 338 g/mol. The number of benzene rings is 2. The molecule has 0 spiro atoms. The minimum absolute atomic E-state index is 0.542. The van der Waals surface area contributed by atoms with Crippen LogP contribution in [0.2, 0.25) is 0 Å². The molecule has 0 unspecified atom stereocenters. The Bertz CT molecular complexity index is 868. The van der Waals surface area contributed by atoms with Gasteiger partial charge >= 0.3 is 0 Å². The molecule has 1 aromatic heterocycles. The fourth-order valence-electron chi connectivity index (χ4n) is 2.15. The number of nitrogens with two attached hydrogens (primary N) is 1. The molecule has 3 N–H and O–H groups in total. The van der Waals surface area contributed by atoms with E-state index >= 15 is 0 Å². The summed E-state index contributed by atoms with van der Waals surface area (Å²) in [6.45, 7) is 0. The molecule has 21 heavy (non-hydrogen) atoms. The SMILES string of the molecule is N#Cc1cc(Br)ccc1Nc1c(N)cnc2ccccc12. The van der Waals surface area contributed by atoms with Gasteiger partial charge in [0.2, 0.25) is 0 Å². The zero-order valence-corrected chi connectivity index (χ0v) is 12.6. The van der Waals surface area contributed by atoms with Gasteiger partial charge in [-0.05, 0) is 24.3 Å². The Morgan fingerprint density at radius 3 is 2.81 bits per heavy atom. The summed E-state index contributed by atoms with van der Waals surface area (Å²) in [6, 6.07) is 15.4. The highest BCUT2D eigenvalue weighted by Crippen LogP contribution is 2.32. The van der Waals surface area contributed by atoms with E-state index in [9.17, 15) is 5.26 Å². The highest BCUT2D eigenvalue weighted by molar-refractivity contribution is 9.10. The number of nitrogens with zero attached hydrogens (tertiary/aromatic N) is 2. The van der Waals surface area contributed by atoms with Crippen LogP contribution in [0.5, 0.6) is 0 Å². The number of hydrogen-bond acceptors (Lipinski definition) is 4. The zero-order chi connectivity index (χ0) is 14.8. The Hall–Kier alpha value is -2.58. The summed E-state index contributed by atoms with van der Waals surface area (Å²) in [5.74, 6) is 0. The Morgan fingerprint density at radius 2 is 2.00 bits per heavy atom. The molecule has 3 rings (SSSR count). The number of para-hydroxylation sites is 1. The minimum Gasteiger partial charge on any atom is -0.396 e. The van der Waals surface area contributed by atoms with E-state index < -0.39 is 0 Å². The predicted octanol–water partition coefficient (Wildman–Crippen LogP) is 4.19. The second-order valence-electron chi connectivity index (χ2n) is 4.53. The average molecular weight is 339 g/mol. The molecule has 0 amide bonds. The summed E-state index contributed by atoms with van der Waals surface area (Å²) >= 11 is 3.36. The first-order valence-corrected chi connectivity index (χ1v) is 7.08. The maximum Gasteiger partial charge on any atom is 0.101 e. The van der Waals surface area contributed by atoms with E-state index in [-0.39, 0.29) is 0 Å². The molecule has 3 aromatic rings. The molecule has 0 aliphatic carbocycles. The van der Waals surface area contributed by atoms with E-state index in [1.807, 2.05) is 36.4 Å². The lowest BCUT2D eigenvalue weighted by Gasteiger charge is -2.13. The van der Waals surface area contributed by atoms with Crippen LogP contribution in [0.15, 0.2) is 53.1 Å². The van der Waals surface area contributed by atoms with E-state index in [0.717, 1.165) is 21.1 Å². The van der Waals surface area contributed by atoms with E-state index in [1.54, 1.807) is 12.3 Å². The van der Waals surface area contributed by atoms with Crippen LogP contribution in [0.1, 0.15) is 5.56 Å². The number of nitriles is 1. The van der Waals surface area contributed by atoms with Crippen molar-refractivity contribution in [3.05, 3.63) is 58.7 Å². The third kappa shape index (κ3) is 2.54. The maximum absolute atomic E-state index is 9.25. The van der Waals surface area contributed by atoms with Gasteiger partial charge in [-0.15, -0.1) is 0 Å². The van der Waals surface area contributed by atoms with Gasteiger partial charge in [0.25, 0.3) is 0 Å². The first-order chi connectivity index (χ1) is 10.2. The quantitative estimate of drug-likeness (QED) is 0.734. The summed E-state index contributed by atoms with van der Waals surface area (Å²) in [5, 5.41) is 13.4. The van der Waals surface area contributed by atoms with Crippen molar-refractivity contribution in [3.8, 4) is 6.07 Å². The molecule has 2 aromatic carbocycles. The minimum atomic E-state index is 0.542. The van der Waals surface area contributed by atoms with Crippen LogP contribution in [0.25, 0.3) is 10.9 Å². The molecular formula is C16H11BrN4. The van der Waals surface area contributed by atoms with Gasteiger partial charge in [-0.1, -0.05) is 34.1 Å². The Morgan fingerprint density at radius 1 is 1.19 bits per heavy atom. The maximum atomic E-state index is 9.25. The Balaban J connectivity index is 2.15. The number of nitrogens with one attached hydrogen (secondary N) is 1. The molecule has 0 bridgehead atoms. The van der Waals surface area contributed by atoms with Crippen molar-refractivity contribution in [1.82, 2.24) is 4.98 Å². The van der Waals surface area contributed by atoms with Gasteiger partial charge < -0.3 is 11.1 Å². The average Bonchev–Trinajstić information content (AvgIpc) is 2.51. The summed E-state index contributed by atoms with van der Waals surface area (Å²) in [5.41, 5.74) is 9.45. The molecule has 4 nitrogen and oxygen atoms in total. The van der Waals surface area contributed by atoms with E-state index in [1.165, 1.54) is 0 Å². The van der Waals surface area contributed by atoms with Crippen LogP contribution >= 0.6 is 15.9 Å². The van der Waals surface area contributed by atoms with Crippen LogP contribution in [-0.4, -0.2) is 4.98 Å². The second kappa shape index (κ2) is 5.43. The third-order valence-electron chi connectivity index (χ3n) is 3.17. The van der Waals surface area contributed by atoms with E-state index in [0.29, 0.717) is 16.9 Å². The van der Waals surface area contributed by atoms with Gasteiger partial charge in [-0.3, -0.25) is 4.98 Å². The lowest BCUT2D eigenvalue weighted by Crippen LogP contribution is -2.00. The number of halogens is 1. The number of pyridine rings is 1. The molecule has 0 saturated heterocycles. The number of hydrogen-bond donors (Lipinski definition) is 2.